The van der Waals surface area contributed by atoms with E-state index in [-0.39, 0.29) is 18.0 Å². The highest BCUT2D eigenvalue weighted by Crippen LogP contribution is 2.32. The van der Waals surface area contributed by atoms with E-state index in [1.165, 1.54) is 44.9 Å². The lowest BCUT2D eigenvalue weighted by molar-refractivity contribution is -0.123. The summed E-state index contributed by atoms with van der Waals surface area (Å²) in [6, 6.07) is 0.497. The number of amides is 1. The smallest absolute Gasteiger partial charge is 0.237 e. The summed E-state index contributed by atoms with van der Waals surface area (Å²) < 4.78 is 0. The maximum Gasteiger partial charge on any atom is 0.237 e. The van der Waals surface area contributed by atoms with E-state index in [4.69, 9.17) is 0 Å². The van der Waals surface area contributed by atoms with Gasteiger partial charge in [-0.1, -0.05) is 25.8 Å². The number of nitrogens with zero attached hydrogens (tertiary/aromatic N) is 1. The summed E-state index contributed by atoms with van der Waals surface area (Å²) in [6.07, 6.45) is 8.77. The minimum absolute atomic E-state index is 0.0890. The van der Waals surface area contributed by atoms with E-state index >= 15 is 0 Å². The second-order valence-corrected chi connectivity index (χ2v) is 7.07. The second-order valence-electron chi connectivity index (χ2n) is 7.07. The molecule has 2 N–H and O–H groups in total. The van der Waals surface area contributed by atoms with E-state index in [1.54, 1.807) is 0 Å². The van der Waals surface area contributed by atoms with Gasteiger partial charge in [0.15, 0.2) is 0 Å². The van der Waals surface area contributed by atoms with Gasteiger partial charge in [-0.05, 0) is 52.5 Å². The highest BCUT2D eigenvalue weighted by molar-refractivity contribution is 5.81. The first-order valence-electron chi connectivity index (χ1n) is 8.97. The van der Waals surface area contributed by atoms with Crippen LogP contribution in [0.25, 0.3) is 0 Å². The first-order valence-corrected chi connectivity index (χ1v) is 8.97. The highest BCUT2D eigenvalue weighted by Gasteiger charge is 2.33. The molecule has 22 heavy (non-hydrogen) atoms. The molecule has 0 radical (unpaired) electrons. The Bertz CT molecular complexity index is 390. The third kappa shape index (κ3) is 4.03. The van der Waals surface area contributed by atoms with Gasteiger partial charge in [0, 0.05) is 18.3 Å². The van der Waals surface area contributed by atoms with Crippen molar-refractivity contribution in [1.29, 1.82) is 0 Å². The fourth-order valence-electron chi connectivity index (χ4n) is 3.89. The van der Waals surface area contributed by atoms with E-state index in [0.717, 1.165) is 12.2 Å². The molecule has 1 heterocycles. The predicted octanol–water partition coefficient (Wildman–Crippen LogP) is 2.66. The molecule has 2 unspecified atom stereocenters. The van der Waals surface area contributed by atoms with Gasteiger partial charge in [-0.3, -0.25) is 4.79 Å². The van der Waals surface area contributed by atoms with Crippen molar-refractivity contribution in [3.63, 3.8) is 0 Å². The zero-order valence-corrected chi connectivity index (χ0v) is 14.5. The maximum absolute atomic E-state index is 12.4. The van der Waals surface area contributed by atoms with Crippen molar-refractivity contribution in [2.24, 2.45) is 5.92 Å². The molecule has 1 aliphatic carbocycles. The quantitative estimate of drug-likeness (QED) is 0.793. The Hall–Kier alpha value is -1.03. The SMILES string of the molecule is C=C(C(NC(=O)C(C)NC)C1CCCCC1)N1CCC[C@@H]1C. The van der Waals surface area contributed by atoms with Gasteiger partial charge in [0.2, 0.25) is 5.91 Å². The topological polar surface area (TPSA) is 44.4 Å². The van der Waals surface area contributed by atoms with E-state index in [2.05, 4.69) is 29.0 Å². The van der Waals surface area contributed by atoms with Crippen molar-refractivity contribution in [3.05, 3.63) is 12.3 Å². The summed E-state index contributed by atoms with van der Waals surface area (Å²) in [5.41, 5.74) is 1.13. The van der Waals surface area contributed by atoms with Crippen LogP contribution >= 0.6 is 0 Å². The Balaban J connectivity index is 2.09. The van der Waals surface area contributed by atoms with Crippen molar-refractivity contribution in [2.75, 3.05) is 13.6 Å². The van der Waals surface area contributed by atoms with Gasteiger partial charge in [-0.15, -0.1) is 0 Å². The Morgan fingerprint density at radius 3 is 2.41 bits per heavy atom. The zero-order chi connectivity index (χ0) is 16.1. The van der Waals surface area contributed by atoms with Crippen LogP contribution in [-0.2, 0) is 4.79 Å². The van der Waals surface area contributed by atoms with Crippen molar-refractivity contribution in [3.8, 4) is 0 Å². The largest absolute Gasteiger partial charge is 0.371 e. The number of hydrogen-bond acceptors (Lipinski definition) is 3. The lowest BCUT2D eigenvalue weighted by Crippen LogP contribution is -2.51. The van der Waals surface area contributed by atoms with Crippen LogP contribution in [-0.4, -0.2) is 42.5 Å². The van der Waals surface area contributed by atoms with E-state index < -0.39 is 0 Å². The Morgan fingerprint density at radius 1 is 1.18 bits per heavy atom. The summed E-state index contributed by atoms with van der Waals surface area (Å²) in [7, 11) is 1.83. The van der Waals surface area contributed by atoms with Crippen molar-refractivity contribution in [1.82, 2.24) is 15.5 Å². The molecule has 0 spiro atoms. The molecule has 4 nitrogen and oxygen atoms in total. The molecular weight excluding hydrogens is 274 g/mol. The fourth-order valence-corrected chi connectivity index (χ4v) is 3.89. The number of likely N-dealkylation sites (tertiary alicyclic amines) is 1. The van der Waals surface area contributed by atoms with Crippen LogP contribution in [0.4, 0.5) is 0 Å². The van der Waals surface area contributed by atoms with Crippen LogP contribution in [0.1, 0.15) is 58.8 Å². The molecule has 3 atom stereocenters. The van der Waals surface area contributed by atoms with E-state index in [0.29, 0.717) is 12.0 Å². The number of likely N-dealkylation sites (N-methyl/N-ethyl adjacent to an activating group) is 1. The monoisotopic (exact) mass is 307 g/mol. The summed E-state index contributed by atoms with van der Waals surface area (Å²) in [6.45, 7) is 9.66. The molecule has 2 fully saturated rings. The third-order valence-electron chi connectivity index (χ3n) is 5.53. The minimum Gasteiger partial charge on any atom is -0.371 e. The Labute approximate surface area is 135 Å². The van der Waals surface area contributed by atoms with Gasteiger partial charge < -0.3 is 15.5 Å². The maximum atomic E-state index is 12.4. The van der Waals surface area contributed by atoms with Crippen LogP contribution in [0.5, 0.6) is 0 Å². The first-order chi connectivity index (χ1) is 10.5. The van der Waals surface area contributed by atoms with Crippen molar-refractivity contribution in [2.45, 2.75) is 76.9 Å². The number of nitrogens with one attached hydrogen (secondary N) is 2. The Morgan fingerprint density at radius 2 is 1.86 bits per heavy atom. The molecule has 0 bridgehead atoms. The van der Waals surface area contributed by atoms with E-state index in [1.807, 2.05) is 14.0 Å². The molecule has 1 saturated carbocycles. The third-order valence-corrected chi connectivity index (χ3v) is 5.53. The van der Waals surface area contributed by atoms with Crippen molar-refractivity contribution < 1.29 is 4.79 Å². The van der Waals surface area contributed by atoms with Crippen LogP contribution in [0.15, 0.2) is 12.3 Å². The molecule has 2 aliphatic rings. The molecule has 2 rings (SSSR count). The molecule has 1 aliphatic heterocycles. The molecule has 126 valence electrons. The highest BCUT2D eigenvalue weighted by atomic mass is 16.2. The number of rotatable bonds is 6. The molecule has 1 amide bonds. The number of carbonyl (C=O) groups is 1. The van der Waals surface area contributed by atoms with Crippen LogP contribution in [0.3, 0.4) is 0 Å². The molecule has 1 saturated heterocycles. The average molecular weight is 307 g/mol. The van der Waals surface area contributed by atoms with Crippen molar-refractivity contribution >= 4 is 5.91 Å². The van der Waals surface area contributed by atoms with Crippen LogP contribution < -0.4 is 10.6 Å². The van der Waals surface area contributed by atoms with E-state index in [9.17, 15) is 4.79 Å². The first kappa shape index (κ1) is 17.3. The van der Waals surface area contributed by atoms with Gasteiger partial charge in [0.05, 0.1) is 12.1 Å². The lowest BCUT2D eigenvalue weighted by atomic mass is 9.82. The van der Waals surface area contributed by atoms with Crippen LogP contribution in [0, 0.1) is 5.92 Å². The Kier molecular flexibility index (Phi) is 6.30. The number of hydrogen-bond donors (Lipinski definition) is 2. The summed E-state index contributed by atoms with van der Waals surface area (Å²) in [5.74, 6) is 0.633. The number of carbonyl (C=O) groups excluding carboxylic acids is 1. The summed E-state index contributed by atoms with van der Waals surface area (Å²) in [4.78, 5) is 14.8. The van der Waals surface area contributed by atoms with Gasteiger partial charge in [-0.2, -0.15) is 0 Å². The molecule has 4 heteroatoms. The lowest BCUT2D eigenvalue weighted by Gasteiger charge is -2.38. The predicted molar refractivity (Wildman–Crippen MR) is 91.6 cm³/mol. The molecule has 0 aromatic carbocycles. The zero-order valence-electron chi connectivity index (χ0n) is 14.5. The second kappa shape index (κ2) is 8.00. The van der Waals surface area contributed by atoms with Gasteiger partial charge in [0.1, 0.15) is 0 Å². The van der Waals surface area contributed by atoms with Gasteiger partial charge in [0.25, 0.3) is 0 Å². The molecule has 0 aromatic rings. The molecular formula is C18H33N3O. The average Bonchev–Trinajstić information content (AvgIpc) is 2.97. The summed E-state index contributed by atoms with van der Waals surface area (Å²) in [5, 5.41) is 6.33. The minimum atomic E-state index is -0.158. The summed E-state index contributed by atoms with van der Waals surface area (Å²) >= 11 is 0. The van der Waals surface area contributed by atoms with Gasteiger partial charge in [-0.25, -0.2) is 0 Å². The normalized spacial score (nSPS) is 25.8. The van der Waals surface area contributed by atoms with Crippen LogP contribution in [0.2, 0.25) is 0 Å². The fraction of sp³-hybridized carbons (Fsp3) is 0.833. The molecule has 0 aromatic heterocycles. The van der Waals surface area contributed by atoms with Gasteiger partial charge >= 0.3 is 0 Å². The standard InChI is InChI=1S/C18H33N3O/c1-13-9-8-12-21(13)15(3)17(16-10-6-5-7-11-16)20-18(22)14(2)19-4/h13-14,16-17,19H,3,5-12H2,1-2,4H3,(H,20,22)/t13-,14?,17?/m0/s1.